The fraction of sp³-hybridized carbons (Fsp3) is 0.533. The van der Waals surface area contributed by atoms with E-state index in [0.717, 1.165) is 35.2 Å². The molecule has 1 aliphatic rings. The Morgan fingerprint density at radius 1 is 1.53 bits per heavy atom. The van der Waals surface area contributed by atoms with Crippen molar-refractivity contribution in [1.82, 2.24) is 5.32 Å². The van der Waals surface area contributed by atoms with Crippen LogP contribution in [0.4, 0.5) is 5.69 Å². The van der Waals surface area contributed by atoms with Gasteiger partial charge in [-0.05, 0) is 69.0 Å². The summed E-state index contributed by atoms with van der Waals surface area (Å²) in [5, 5.41) is 6.38. The highest BCUT2D eigenvalue weighted by Gasteiger charge is 2.14. The zero-order valence-corrected chi connectivity index (χ0v) is 12.9. The molecule has 1 atom stereocenters. The van der Waals surface area contributed by atoms with Crippen LogP contribution in [0.15, 0.2) is 22.7 Å². The van der Waals surface area contributed by atoms with Crippen molar-refractivity contribution in [3.63, 3.8) is 0 Å². The highest BCUT2D eigenvalue weighted by atomic mass is 79.9. The molecular weight excluding hydrogens is 304 g/mol. The normalized spacial score (nSPS) is 19.2. The number of halogens is 1. The lowest BCUT2D eigenvalue weighted by molar-refractivity contribution is -0.116. The molecule has 0 saturated carbocycles. The van der Waals surface area contributed by atoms with Gasteiger partial charge in [-0.15, -0.1) is 0 Å². The standard InChI is InChI=1S/C15H21BrN2O/c1-11-9-13(16)5-6-14(11)18-15(19)7-4-12-3-2-8-17-10-12/h5-6,9,12,17H,2-4,7-8,10H2,1H3,(H,18,19). The van der Waals surface area contributed by atoms with Crippen LogP contribution in [0.5, 0.6) is 0 Å². The molecular formula is C15H21BrN2O. The monoisotopic (exact) mass is 324 g/mol. The van der Waals surface area contributed by atoms with Gasteiger partial charge in [0.05, 0.1) is 0 Å². The molecule has 0 aromatic heterocycles. The minimum Gasteiger partial charge on any atom is -0.326 e. The maximum atomic E-state index is 11.9. The van der Waals surface area contributed by atoms with Gasteiger partial charge in [-0.1, -0.05) is 15.9 Å². The van der Waals surface area contributed by atoms with Crippen LogP contribution in [0.3, 0.4) is 0 Å². The highest BCUT2D eigenvalue weighted by Crippen LogP contribution is 2.21. The van der Waals surface area contributed by atoms with Gasteiger partial charge in [0.2, 0.25) is 5.91 Å². The van der Waals surface area contributed by atoms with Gasteiger partial charge in [-0.25, -0.2) is 0 Å². The number of amides is 1. The molecule has 1 fully saturated rings. The number of benzene rings is 1. The van der Waals surface area contributed by atoms with Crippen LogP contribution in [0.2, 0.25) is 0 Å². The van der Waals surface area contributed by atoms with Crippen molar-refractivity contribution in [2.75, 3.05) is 18.4 Å². The number of piperidine rings is 1. The van der Waals surface area contributed by atoms with Gasteiger partial charge in [-0.3, -0.25) is 4.79 Å². The molecule has 19 heavy (non-hydrogen) atoms. The molecule has 1 amide bonds. The first-order valence-corrected chi connectivity index (χ1v) is 7.71. The molecule has 104 valence electrons. The molecule has 3 nitrogen and oxygen atoms in total. The number of hydrogen-bond acceptors (Lipinski definition) is 2. The summed E-state index contributed by atoms with van der Waals surface area (Å²) in [5.74, 6) is 0.779. The van der Waals surface area contributed by atoms with Crippen molar-refractivity contribution in [3.8, 4) is 0 Å². The van der Waals surface area contributed by atoms with Crippen LogP contribution in [-0.4, -0.2) is 19.0 Å². The highest BCUT2D eigenvalue weighted by molar-refractivity contribution is 9.10. The molecule has 0 bridgehead atoms. The lowest BCUT2D eigenvalue weighted by atomic mass is 9.94. The Kier molecular flexibility index (Phi) is 5.40. The predicted molar refractivity (Wildman–Crippen MR) is 82.3 cm³/mol. The molecule has 1 saturated heterocycles. The van der Waals surface area contributed by atoms with E-state index < -0.39 is 0 Å². The lowest BCUT2D eigenvalue weighted by Gasteiger charge is -2.22. The molecule has 1 heterocycles. The van der Waals surface area contributed by atoms with E-state index in [2.05, 4.69) is 26.6 Å². The fourth-order valence-electron chi connectivity index (χ4n) is 2.49. The molecule has 4 heteroatoms. The number of anilines is 1. The first-order chi connectivity index (χ1) is 9.15. The average molecular weight is 325 g/mol. The summed E-state index contributed by atoms with van der Waals surface area (Å²) < 4.78 is 1.04. The van der Waals surface area contributed by atoms with Crippen LogP contribution in [0.1, 0.15) is 31.2 Å². The van der Waals surface area contributed by atoms with Gasteiger partial charge in [-0.2, -0.15) is 0 Å². The van der Waals surface area contributed by atoms with E-state index >= 15 is 0 Å². The predicted octanol–water partition coefficient (Wildman–Crippen LogP) is 3.48. The van der Waals surface area contributed by atoms with Crippen LogP contribution < -0.4 is 10.6 Å². The summed E-state index contributed by atoms with van der Waals surface area (Å²) in [7, 11) is 0. The summed E-state index contributed by atoms with van der Waals surface area (Å²) >= 11 is 3.43. The van der Waals surface area contributed by atoms with Crippen LogP contribution in [-0.2, 0) is 4.79 Å². The van der Waals surface area contributed by atoms with Gasteiger partial charge in [0.15, 0.2) is 0 Å². The zero-order valence-electron chi connectivity index (χ0n) is 11.3. The maximum absolute atomic E-state index is 11.9. The molecule has 1 unspecified atom stereocenters. The quantitative estimate of drug-likeness (QED) is 0.890. The Labute approximate surface area is 123 Å². The Morgan fingerprint density at radius 2 is 2.37 bits per heavy atom. The third-order valence-electron chi connectivity index (χ3n) is 3.64. The SMILES string of the molecule is Cc1cc(Br)ccc1NC(=O)CCC1CCCNC1. The second kappa shape index (κ2) is 7.06. The number of carbonyl (C=O) groups excluding carboxylic acids is 1. The lowest BCUT2D eigenvalue weighted by Crippen LogP contribution is -2.30. The minimum absolute atomic E-state index is 0.121. The topological polar surface area (TPSA) is 41.1 Å². The Balaban J connectivity index is 1.80. The number of hydrogen-bond donors (Lipinski definition) is 2. The average Bonchev–Trinajstić information content (AvgIpc) is 2.41. The zero-order chi connectivity index (χ0) is 13.7. The van der Waals surface area contributed by atoms with Crippen molar-refractivity contribution < 1.29 is 4.79 Å². The number of carbonyl (C=O) groups is 1. The second-order valence-corrected chi connectivity index (χ2v) is 6.17. The summed E-state index contributed by atoms with van der Waals surface area (Å²) in [6.07, 6.45) is 4.08. The molecule has 0 radical (unpaired) electrons. The third kappa shape index (κ3) is 4.62. The van der Waals surface area contributed by atoms with E-state index in [-0.39, 0.29) is 5.91 Å². The molecule has 0 aliphatic carbocycles. The molecule has 2 N–H and O–H groups in total. The van der Waals surface area contributed by atoms with E-state index in [1.807, 2.05) is 25.1 Å². The van der Waals surface area contributed by atoms with E-state index in [9.17, 15) is 4.79 Å². The Bertz CT molecular complexity index is 442. The van der Waals surface area contributed by atoms with Gasteiger partial charge in [0, 0.05) is 16.6 Å². The number of nitrogens with one attached hydrogen (secondary N) is 2. The maximum Gasteiger partial charge on any atom is 0.224 e. The molecule has 1 aromatic carbocycles. The second-order valence-electron chi connectivity index (χ2n) is 5.26. The summed E-state index contributed by atoms with van der Waals surface area (Å²) in [4.78, 5) is 11.9. The molecule has 1 aliphatic heterocycles. The van der Waals surface area contributed by atoms with Crippen LogP contribution in [0.25, 0.3) is 0 Å². The molecule has 1 aromatic rings. The Hall–Kier alpha value is -0.870. The van der Waals surface area contributed by atoms with Crippen LogP contribution in [0, 0.1) is 12.8 Å². The number of rotatable bonds is 4. The van der Waals surface area contributed by atoms with E-state index in [1.54, 1.807) is 0 Å². The van der Waals surface area contributed by atoms with Crippen molar-refractivity contribution >= 4 is 27.5 Å². The number of aryl methyl sites for hydroxylation is 1. The first-order valence-electron chi connectivity index (χ1n) is 6.92. The fourth-order valence-corrected chi connectivity index (χ4v) is 2.96. The van der Waals surface area contributed by atoms with Crippen molar-refractivity contribution in [2.45, 2.75) is 32.6 Å². The summed E-state index contributed by atoms with van der Waals surface area (Å²) in [6.45, 7) is 4.19. The Morgan fingerprint density at radius 3 is 3.05 bits per heavy atom. The van der Waals surface area contributed by atoms with Crippen LogP contribution >= 0.6 is 15.9 Å². The first kappa shape index (κ1) is 14.5. The van der Waals surface area contributed by atoms with E-state index in [1.165, 1.54) is 12.8 Å². The summed E-state index contributed by atoms with van der Waals surface area (Å²) in [5.41, 5.74) is 2.00. The molecule has 2 rings (SSSR count). The smallest absolute Gasteiger partial charge is 0.224 e. The van der Waals surface area contributed by atoms with Gasteiger partial charge in [0.25, 0.3) is 0 Å². The van der Waals surface area contributed by atoms with E-state index in [4.69, 9.17) is 0 Å². The summed E-state index contributed by atoms with van der Waals surface area (Å²) in [6, 6.07) is 5.91. The molecule has 0 spiro atoms. The van der Waals surface area contributed by atoms with Gasteiger partial charge < -0.3 is 10.6 Å². The van der Waals surface area contributed by atoms with Gasteiger partial charge >= 0.3 is 0 Å². The largest absolute Gasteiger partial charge is 0.326 e. The van der Waals surface area contributed by atoms with Crippen molar-refractivity contribution in [2.24, 2.45) is 5.92 Å². The minimum atomic E-state index is 0.121. The van der Waals surface area contributed by atoms with Gasteiger partial charge in [0.1, 0.15) is 0 Å². The van der Waals surface area contributed by atoms with E-state index in [0.29, 0.717) is 12.3 Å². The van der Waals surface area contributed by atoms with Crippen molar-refractivity contribution in [1.29, 1.82) is 0 Å². The van der Waals surface area contributed by atoms with Crippen molar-refractivity contribution in [3.05, 3.63) is 28.2 Å². The third-order valence-corrected chi connectivity index (χ3v) is 4.13.